The molecule has 2 heterocycles. The highest BCUT2D eigenvalue weighted by Crippen LogP contribution is 2.42. The second kappa shape index (κ2) is 4.71. The van der Waals surface area contributed by atoms with Gasteiger partial charge in [-0.2, -0.15) is 0 Å². The number of halogens is 3. The fraction of sp³-hybridized carbons (Fsp3) is 0.556. The smallest absolute Gasteiger partial charge is 0.0988 e. The van der Waals surface area contributed by atoms with Crippen molar-refractivity contribution in [3.8, 4) is 0 Å². The van der Waals surface area contributed by atoms with Crippen molar-refractivity contribution in [2.24, 2.45) is 0 Å². The van der Waals surface area contributed by atoms with E-state index in [0.29, 0.717) is 0 Å². The van der Waals surface area contributed by atoms with Crippen LogP contribution in [0, 0.1) is 0 Å². The van der Waals surface area contributed by atoms with E-state index >= 15 is 0 Å². The summed E-state index contributed by atoms with van der Waals surface area (Å²) in [5.41, 5.74) is 1.05. The summed E-state index contributed by atoms with van der Waals surface area (Å²) >= 11 is 17.0. The van der Waals surface area contributed by atoms with E-state index in [4.69, 9.17) is 27.9 Å². The lowest BCUT2D eigenvalue weighted by Crippen LogP contribution is -2.11. The minimum atomic E-state index is 0.168. The standard InChI is InChI=1S/C9H9BrCl2OS/c10-8(6-2-1-3-13-6)5-4-7(11)14-9(5)12/h4,6,8H,1-3H2. The molecule has 0 saturated carbocycles. The molecule has 1 aromatic rings. The van der Waals surface area contributed by atoms with Crippen LogP contribution in [-0.2, 0) is 4.74 Å². The highest BCUT2D eigenvalue weighted by Gasteiger charge is 2.27. The molecule has 14 heavy (non-hydrogen) atoms. The molecular formula is C9H9BrCl2OS. The van der Waals surface area contributed by atoms with Gasteiger partial charge in [-0.3, -0.25) is 0 Å². The van der Waals surface area contributed by atoms with Crippen molar-refractivity contribution in [3.63, 3.8) is 0 Å². The Balaban J connectivity index is 2.17. The van der Waals surface area contributed by atoms with Crippen LogP contribution in [0.4, 0.5) is 0 Å². The summed E-state index contributed by atoms with van der Waals surface area (Å²) in [6.07, 6.45) is 2.44. The largest absolute Gasteiger partial charge is 0.377 e. The van der Waals surface area contributed by atoms with E-state index in [1.807, 2.05) is 6.07 Å². The van der Waals surface area contributed by atoms with Crippen LogP contribution in [0.15, 0.2) is 6.07 Å². The minimum Gasteiger partial charge on any atom is -0.377 e. The molecule has 0 aliphatic carbocycles. The lowest BCUT2D eigenvalue weighted by atomic mass is 10.1. The summed E-state index contributed by atoms with van der Waals surface area (Å²) in [5, 5.41) is 0. The average molecular weight is 316 g/mol. The second-order valence-electron chi connectivity index (χ2n) is 3.23. The van der Waals surface area contributed by atoms with Crippen molar-refractivity contribution in [1.82, 2.24) is 0 Å². The van der Waals surface area contributed by atoms with Gasteiger partial charge in [0.1, 0.15) is 0 Å². The lowest BCUT2D eigenvalue weighted by molar-refractivity contribution is 0.110. The molecule has 0 spiro atoms. The molecule has 2 atom stereocenters. The van der Waals surface area contributed by atoms with E-state index < -0.39 is 0 Å². The topological polar surface area (TPSA) is 9.23 Å². The Morgan fingerprint density at radius 1 is 1.57 bits per heavy atom. The zero-order valence-electron chi connectivity index (χ0n) is 7.30. The second-order valence-corrected chi connectivity index (χ2v) is 6.50. The van der Waals surface area contributed by atoms with Gasteiger partial charge >= 0.3 is 0 Å². The number of hydrogen-bond acceptors (Lipinski definition) is 2. The predicted octanol–water partition coefficient (Wildman–Crippen LogP) is 4.67. The Morgan fingerprint density at radius 2 is 2.36 bits per heavy atom. The first kappa shape index (κ1) is 11.2. The van der Waals surface area contributed by atoms with Crippen LogP contribution in [0.25, 0.3) is 0 Å². The molecule has 1 aromatic heterocycles. The first-order valence-electron chi connectivity index (χ1n) is 4.39. The van der Waals surface area contributed by atoms with Crippen LogP contribution < -0.4 is 0 Å². The van der Waals surface area contributed by atoms with E-state index in [9.17, 15) is 0 Å². The van der Waals surface area contributed by atoms with Gasteiger partial charge in [0.2, 0.25) is 0 Å². The van der Waals surface area contributed by atoms with Crippen LogP contribution >= 0.6 is 50.5 Å². The Labute approximate surface area is 105 Å². The maximum atomic E-state index is 6.07. The fourth-order valence-corrected chi connectivity index (χ4v) is 4.19. The van der Waals surface area contributed by atoms with Gasteiger partial charge in [-0.1, -0.05) is 39.1 Å². The summed E-state index contributed by atoms with van der Waals surface area (Å²) in [6.45, 7) is 0.849. The summed E-state index contributed by atoms with van der Waals surface area (Å²) in [4.78, 5) is 0.168. The van der Waals surface area contributed by atoms with Gasteiger partial charge in [0.15, 0.2) is 0 Å². The average Bonchev–Trinajstić information content (AvgIpc) is 2.73. The molecule has 2 rings (SSSR count). The third-order valence-corrected chi connectivity index (χ3v) is 4.87. The van der Waals surface area contributed by atoms with Crippen molar-refractivity contribution >= 4 is 50.5 Å². The summed E-state index contributed by atoms with van der Waals surface area (Å²) < 4.78 is 7.08. The maximum absolute atomic E-state index is 6.07. The molecule has 2 unspecified atom stereocenters. The fourth-order valence-electron chi connectivity index (χ4n) is 1.57. The quantitative estimate of drug-likeness (QED) is 0.721. The van der Waals surface area contributed by atoms with E-state index in [0.717, 1.165) is 33.7 Å². The Hall–Kier alpha value is 0.720. The molecule has 0 radical (unpaired) electrons. The molecule has 1 saturated heterocycles. The molecule has 1 aliphatic rings. The minimum absolute atomic E-state index is 0.168. The molecule has 0 aromatic carbocycles. The first-order valence-corrected chi connectivity index (χ1v) is 6.87. The number of thiophene rings is 1. The van der Waals surface area contributed by atoms with E-state index in [2.05, 4.69) is 15.9 Å². The number of ether oxygens (including phenoxy) is 1. The van der Waals surface area contributed by atoms with E-state index in [1.54, 1.807) is 0 Å². The molecular weight excluding hydrogens is 307 g/mol. The number of rotatable bonds is 2. The van der Waals surface area contributed by atoms with Crippen molar-refractivity contribution < 1.29 is 4.74 Å². The van der Waals surface area contributed by atoms with Gasteiger partial charge in [0.05, 0.1) is 19.6 Å². The molecule has 1 aliphatic heterocycles. The highest BCUT2D eigenvalue weighted by molar-refractivity contribution is 9.09. The third kappa shape index (κ3) is 2.27. The lowest BCUT2D eigenvalue weighted by Gasteiger charge is -2.15. The predicted molar refractivity (Wildman–Crippen MR) is 65.0 cm³/mol. The van der Waals surface area contributed by atoms with Crippen LogP contribution in [-0.4, -0.2) is 12.7 Å². The van der Waals surface area contributed by atoms with Crippen molar-refractivity contribution in [3.05, 3.63) is 20.3 Å². The van der Waals surface area contributed by atoms with Crippen LogP contribution in [0.2, 0.25) is 8.67 Å². The maximum Gasteiger partial charge on any atom is 0.0988 e. The monoisotopic (exact) mass is 314 g/mol. The van der Waals surface area contributed by atoms with Gasteiger partial charge in [-0.05, 0) is 24.5 Å². The Bertz CT molecular complexity index is 323. The van der Waals surface area contributed by atoms with Gasteiger partial charge in [0, 0.05) is 6.61 Å². The van der Waals surface area contributed by atoms with Crippen LogP contribution in [0.3, 0.4) is 0 Å². The first-order chi connectivity index (χ1) is 6.68. The van der Waals surface area contributed by atoms with Crippen LogP contribution in [0.5, 0.6) is 0 Å². The van der Waals surface area contributed by atoms with E-state index in [1.165, 1.54) is 11.3 Å². The summed E-state index contributed by atoms with van der Waals surface area (Å²) in [5.74, 6) is 0. The van der Waals surface area contributed by atoms with Crippen LogP contribution in [0.1, 0.15) is 23.2 Å². The van der Waals surface area contributed by atoms with Gasteiger partial charge in [-0.15, -0.1) is 11.3 Å². The molecule has 1 fully saturated rings. The molecule has 0 bridgehead atoms. The summed E-state index contributed by atoms with van der Waals surface area (Å²) in [6, 6.07) is 1.91. The SMILES string of the molecule is Clc1cc(C(Br)C2CCCO2)c(Cl)s1. The molecule has 0 N–H and O–H groups in total. The zero-order chi connectivity index (χ0) is 10.1. The molecule has 1 nitrogen and oxygen atoms in total. The van der Waals surface area contributed by atoms with Crippen molar-refractivity contribution in [2.75, 3.05) is 6.61 Å². The van der Waals surface area contributed by atoms with E-state index in [-0.39, 0.29) is 10.9 Å². The van der Waals surface area contributed by atoms with Gasteiger partial charge < -0.3 is 4.74 Å². The Kier molecular flexibility index (Phi) is 3.77. The van der Waals surface area contributed by atoms with Gasteiger partial charge in [0.25, 0.3) is 0 Å². The zero-order valence-corrected chi connectivity index (χ0v) is 11.2. The number of hydrogen-bond donors (Lipinski definition) is 0. The molecule has 0 amide bonds. The summed E-state index contributed by atoms with van der Waals surface area (Å²) in [7, 11) is 0. The molecule has 78 valence electrons. The normalized spacial score (nSPS) is 24.1. The third-order valence-electron chi connectivity index (χ3n) is 2.27. The van der Waals surface area contributed by atoms with Crippen molar-refractivity contribution in [1.29, 1.82) is 0 Å². The Morgan fingerprint density at radius 3 is 2.86 bits per heavy atom. The van der Waals surface area contributed by atoms with Crippen molar-refractivity contribution in [2.45, 2.75) is 23.8 Å². The number of alkyl halides is 1. The van der Waals surface area contributed by atoms with Gasteiger partial charge in [-0.25, -0.2) is 0 Å². The highest BCUT2D eigenvalue weighted by atomic mass is 79.9. The molecule has 5 heteroatoms.